The largest absolute Gasteiger partial charge is 0.379 e. The van der Waals surface area contributed by atoms with E-state index in [-0.39, 0.29) is 0 Å². The third-order valence-electron chi connectivity index (χ3n) is 1.69. The van der Waals surface area contributed by atoms with Crippen LogP contribution in [0.25, 0.3) is 0 Å². The highest BCUT2D eigenvalue weighted by Crippen LogP contribution is 2.11. The number of nitrogens with zero attached hydrogens (tertiary/aromatic N) is 1. The van der Waals surface area contributed by atoms with E-state index in [1.807, 2.05) is 11.8 Å². The van der Waals surface area contributed by atoms with Crippen LogP contribution in [0.1, 0.15) is 13.8 Å². The standard InChI is InChI=1S/C8H17NOS/c1-8(2)11-7-9-3-5-10-6-4-9/h8H,3-7H2,1-2H3. The molecule has 1 aliphatic heterocycles. The lowest BCUT2D eigenvalue weighted by molar-refractivity contribution is 0.0473. The second-order valence-electron chi connectivity index (χ2n) is 3.07. The summed E-state index contributed by atoms with van der Waals surface area (Å²) in [6.45, 7) is 8.53. The highest BCUT2D eigenvalue weighted by Gasteiger charge is 2.09. The molecule has 0 spiro atoms. The van der Waals surface area contributed by atoms with E-state index < -0.39 is 0 Å². The van der Waals surface area contributed by atoms with Gasteiger partial charge in [-0.2, -0.15) is 0 Å². The number of thioether (sulfide) groups is 1. The van der Waals surface area contributed by atoms with E-state index in [0.717, 1.165) is 31.6 Å². The fraction of sp³-hybridized carbons (Fsp3) is 1.00. The molecule has 1 rings (SSSR count). The molecule has 0 unspecified atom stereocenters. The van der Waals surface area contributed by atoms with Crippen molar-refractivity contribution in [1.82, 2.24) is 4.90 Å². The molecule has 0 aromatic carbocycles. The van der Waals surface area contributed by atoms with Gasteiger partial charge in [0.2, 0.25) is 0 Å². The highest BCUT2D eigenvalue weighted by atomic mass is 32.2. The highest BCUT2D eigenvalue weighted by molar-refractivity contribution is 7.99. The minimum Gasteiger partial charge on any atom is -0.379 e. The number of morpholine rings is 1. The number of hydrogen-bond donors (Lipinski definition) is 0. The minimum absolute atomic E-state index is 0.748. The zero-order chi connectivity index (χ0) is 8.10. The van der Waals surface area contributed by atoms with Crippen molar-refractivity contribution in [2.24, 2.45) is 0 Å². The lowest BCUT2D eigenvalue weighted by Crippen LogP contribution is -2.36. The van der Waals surface area contributed by atoms with E-state index in [2.05, 4.69) is 18.7 Å². The maximum Gasteiger partial charge on any atom is 0.0594 e. The zero-order valence-electron chi connectivity index (χ0n) is 7.38. The van der Waals surface area contributed by atoms with E-state index in [1.165, 1.54) is 5.88 Å². The molecule has 0 N–H and O–H groups in total. The van der Waals surface area contributed by atoms with Gasteiger partial charge in [-0.3, -0.25) is 4.90 Å². The monoisotopic (exact) mass is 175 g/mol. The average Bonchev–Trinajstić information content (AvgIpc) is 2.03. The van der Waals surface area contributed by atoms with Crippen molar-refractivity contribution in [3.05, 3.63) is 0 Å². The Hall–Kier alpha value is 0.270. The molecule has 11 heavy (non-hydrogen) atoms. The van der Waals surface area contributed by atoms with E-state index in [1.54, 1.807) is 0 Å². The van der Waals surface area contributed by atoms with Gasteiger partial charge in [-0.1, -0.05) is 13.8 Å². The third-order valence-corrected chi connectivity index (χ3v) is 2.88. The first-order valence-electron chi connectivity index (χ1n) is 4.21. The van der Waals surface area contributed by atoms with Crippen molar-refractivity contribution in [2.75, 3.05) is 32.2 Å². The molecule has 0 aromatic heterocycles. The van der Waals surface area contributed by atoms with Crippen LogP contribution in [0.3, 0.4) is 0 Å². The van der Waals surface area contributed by atoms with Crippen LogP contribution in [0.4, 0.5) is 0 Å². The molecule has 66 valence electrons. The molecule has 0 saturated carbocycles. The molecule has 0 atom stereocenters. The topological polar surface area (TPSA) is 12.5 Å². The Labute approximate surface area is 73.3 Å². The summed E-state index contributed by atoms with van der Waals surface area (Å²) in [6.07, 6.45) is 0. The summed E-state index contributed by atoms with van der Waals surface area (Å²) >= 11 is 2.01. The maximum absolute atomic E-state index is 5.26. The normalized spacial score (nSPS) is 21.0. The lowest BCUT2D eigenvalue weighted by atomic mass is 10.5. The molecule has 3 heteroatoms. The van der Waals surface area contributed by atoms with E-state index in [0.29, 0.717) is 0 Å². The fourth-order valence-electron chi connectivity index (χ4n) is 0.985. The Morgan fingerprint density at radius 2 is 2.00 bits per heavy atom. The van der Waals surface area contributed by atoms with Gasteiger partial charge < -0.3 is 4.74 Å². The van der Waals surface area contributed by atoms with Crippen molar-refractivity contribution >= 4 is 11.8 Å². The van der Waals surface area contributed by atoms with E-state index in [4.69, 9.17) is 4.74 Å². The van der Waals surface area contributed by atoms with Crippen LogP contribution < -0.4 is 0 Å². The number of ether oxygens (including phenoxy) is 1. The van der Waals surface area contributed by atoms with Gasteiger partial charge in [-0.15, -0.1) is 11.8 Å². The van der Waals surface area contributed by atoms with Crippen molar-refractivity contribution in [3.8, 4) is 0 Å². The van der Waals surface area contributed by atoms with Crippen molar-refractivity contribution in [1.29, 1.82) is 0 Å². The quantitative estimate of drug-likeness (QED) is 0.643. The zero-order valence-corrected chi connectivity index (χ0v) is 8.19. The average molecular weight is 175 g/mol. The van der Waals surface area contributed by atoms with Crippen molar-refractivity contribution in [3.63, 3.8) is 0 Å². The number of hydrogen-bond acceptors (Lipinski definition) is 3. The molecule has 1 heterocycles. The van der Waals surface area contributed by atoms with Crippen molar-refractivity contribution < 1.29 is 4.74 Å². The van der Waals surface area contributed by atoms with Crippen LogP contribution in [0.5, 0.6) is 0 Å². The van der Waals surface area contributed by atoms with Crippen LogP contribution in [0, 0.1) is 0 Å². The van der Waals surface area contributed by atoms with Gasteiger partial charge in [-0.25, -0.2) is 0 Å². The molecule has 1 saturated heterocycles. The van der Waals surface area contributed by atoms with Crippen molar-refractivity contribution in [2.45, 2.75) is 19.1 Å². The summed E-state index contributed by atoms with van der Waals surface area (Å²) in [4.78, 5) is 2.45. The summed E-state index contributed by atoms with van der Waals surface area (Å²) < 4.78 is 5.26. The van der Waals surface area contributed by atoms with Gasteiger partial charge in [0.25, 0.3) is 0 Å². The first-order valence-corrected chi connectivity index (χ1v) is 5.25. The molecule has 0 aliphatic carbocycles. The molecular weight excluding hydrogens is 158 g/mol. The van der Waals surface area contributed by atoms with Gasteiger partial charge in [0.05, 0.1) is 13.2 Å². The Kier molecular flexibility index (Phi) is 4.26. The van der Waals surface area contributed by atoms with Crippen LogP contribution >= 0.6 is 11.8 Å². The summed E-state index contributed by atoms with van der Waals surface area (Å²) in [5.74, 6) is 1.17. The predicted molar refractivity (Wildman–Crippen MR) is 50.0 cm³/mol. The molecule has 0 aromatic rings. The van der Waals surface area contributed by atoms with E-state index >= 15 is 0 Å². The first-order chi connectivity index (χ1) is 5.29. The van der Waals surface area contributed by atoms with Gasteiger partial charge in [0, 0.05) is 24.2 Å². The SMILES string of the molecule is CC(C)SCN1CCOCC1. The summed E-state index contributed by atoms with van der Waals surface area (Å²) in [5, 5.41) is 0.748. The smallest absolute Gasteiger partial charge is 0.0594 e. The Balaban J connectivity index is 2.05. The van der Waals surface area contributed by atoms with Crippen LogP contribution in [-0.4, -0.2) is 42.3 Å². The number of rotatable bonds is 3. The minimum atomic E-state index is 0.748. The molecule has 0 bridgehead atoms. The predicted octanol–water partition coefficient (Wildman–Crippen LogP) is 1.42. The molecule has 0 amide bonds. The van der Waals surface area contributed by atoms with Crippen LogP contribution in [0.2, 0.25) is 0 Å². The molecule has 2 nitrogen and oxygen atoms in total. The van der Waals surface area contributed by atoms with Gasteiger partial charge >= 0.3 is 0 Å². The Morgan fingerprint density at radius 1 is 1.36 bits per heavy atom. The second kappa shape index (κ2) is 5.01. The Morgan fingerprint density at radius 3 is 2.55 bits per heavy atom. The van der Waals surface area contributed by atoms with E-state index in [9.17, 15) is 0 Å². The summed E-state index contributed by atoms with van der Waals surface area (Å²) in [5.41, 5.74) is 0. The fourth-order valence-corrected chi connectivity index (χ4v) is 1.75. The third kappa shape index (κ3) is 3.99. The van der Waals surface area contributed by atoms with Crippen LogP contribution in [0.15, 0.2) is 0 Å². The maximum atomic E-state index is 5.26. The summed E-state index contributed by atoms with van der Waals surface area (Å²) in [6, 6.07) is 0. The van der Waals surface area contributed by atoms with Gasteiger partial charge in [0.1, 0.15) is 0 Å². The Bertz CT molecular complexity index is 102. The second-order valence-corrected chi connectivity index (χ2v) is 4.61. The first kappa shape index (κ1) is 9.36. The van der Waals surface area contributed by atoms with Gasteiger partial charge in [-0.05, 0) is 0 Å². The lowest BCUT2D eigenvalue weighted by Gasteiger charge is -2.26. The molecule has 0 radical (unpaired) electrons. The molecule has 1 aliphatic rings. The molecule has 1 fully saturated rings. The van der Waals surface area contributed by atoms with Gasteiger partial charge in [0.15, 0.2) is 0 Å². The van der Waals surface area contributed by atoms with Crippen LogP contribution in [-0.2, 0) is 4.74 Å². The molecular formula is C8H17NOS. The summed E-state index contributed by atoms with van der Waals surface area (Å²) in [7, 11) is 0.